The molecule has 0 aliphatic heterocycles. The molecule has 0 radical (unpaired) electrons. The Hall–Kier alpha value is -0.0800. The Balaban J connectivity index is 2.85. The van der Waals surface area contributed by atoms with Crippen molar-refractivity contribution >= 4 is 0 Å². The van der Waals surface area contributed by atoms with Crippen LogP contribution in [0, 0.1) is 0 Å². The largest absolute Gasteiger partial charge is 0.364 e. The highest BCUT2D eigenvalue weighted by Gasteiger charge is 1.94. The van der Waals surface area contributed by atoms with Gasteiger partial charge in [0.05, 0.1) is 0 Å². The van der Waals surface area contributed by atoms with Gasteiger partial charge in [0, 0.05) is 6.61 Å². The summed E-state index contributed by atoms with van der Waals surface area (Å²) in [7, 11) is 0. The molecule has 0 saturated carbocycles. The standard InChI is InChI=1S/C12H27NO/c1-3-4-5-6-7-8-9-10-11-14-12(2)13/h12H,3-11,13H2,1-2H3. The number of rotatable bonds is 10. The van der Waals surface area contributed by atoms with E-state index in [9.17, 15) is 0 Å². The molecule has 2 N–H and O–H groups in total. The topological polar surface area (TPSA) is 35.2 Å². The van der Waals surface area contributed by atoms with Crippen LogP contribution in [-0.2, 0) is 4.74 Å². The summed E-state index contributed by atoms with van der Waals surface area (Å²) in [4.78, 5) is 0. The van der Waals surface area contributed by atoms with Crippen LogP contribution in [0.2, 0.25) is 0 Å². The highest BCUT2D eigenvalue weighted by atomic mass is 16.5. The predicted molar refractivity (Wildman–Crippen MR) is 62.2 cm³/mol. The molecule has 86 valence electrons. The minimum Gasteiger partial charge on any atom is -0.364 e. The summed E-state index contributed by atoms with van der Waals surface area (Å²) in [6.45, 7) is 4.96. The van der Waals surface area contributed by atoms with Crippen LogP contribution in [-0.4, -0.2) is 12.8 Å². The van der Waals surface area contributed by atoms with Gasteiger partial charge in [0.2, 0.25) is 0 Å². The van der Waals surface area contributed by atoms with Crippen molar-refractivity contribution in [3.05, 3.63) is 0 Å². The predicted octanol–water partition coefficient (Wildman–Crippen LogP) is 3.45. The highest BCUT2D eigenvalue weighted by Crippen LogP contribution is 2.08. The van der Waals surface area contributed by atoms with E-state index >= 15 is 0 Å². The Bertz CT molecular complexity index is 104. The number of nitrogens with two attached hydrogens (primary N) is 1. The summed E-state index contributed by atoms with van der Waals surface area (Å²) < 4.78 is 5.26. The maximum Gasteiger partial charge on any atom is 0.102 e. The summed E-state index contributed by atoms with van der Waals surface area (Å²) in [6.07, 6.45) is 10.6. The quantitative estimate of drug-likeness (QED) is 0.434. The fourth-order valence-corrected chi connectivity index (χ4v) is 1.51. The van der Waals surface area contributed by atoms with Crippen LogP contribution in [0.3, 0.4) is 0 Å². The summed E-state index contributed by atoms with van der Waals surface area (Å²) in [5.74, 6) is 0. The first-order valence-corrected chi connectivity index (χ1v) is 6.14. The average Bonchev–Trinajstić information content (AvgIpc) is 2.15. The first-order chi connectivity index (χ1) is 6.77. The van der Waals surface area contributed by atoms with Gasteiger partial charge >= 0.3 is 0 Å². The highest BCUT2D eigenvalue weighted by molar-refractivity contribution is 4.46. The third kappa shape index (κ3) is 11.9. The Morgan fingerprint density at radius 1 is 0.929 bits per heavy atom. The van der Waals surface area contributed by atoms with E-state index in [4.69, 9.17) is 10.5 Å². The van der Waals surface area contributed by atoms with Crippen molar-refractivity contribution in [2.45, 2.75) is 71.4 Å². The van der Waals surface area contributed by atoms with Gasteiger partial charge in [-0.25, -0.2) is 0 Å². The molecule has 0 saturated heterocycles. The SMILES string of the molecule is CCCCCCCCCCOC(C)N. The maximum atomic E-state index is 5.47. The van der Waals surface area contributed by atoms with E-state index in [0.717, 1.165) is 13.0 Å². The van der Waals surface area contributed by atoms with Gasteiger partial charge in [-0.2, -0.15) is 0 Å². The minimum absolute atomic E-state index is 0.0976. The fourth-order valence-electron chi connectivity index (χ4n) is 1.51. The summed E-state index contributed by atoms with van der Waals surface area (Å²) in [5.41, 5.74) is 5.47. The number of hydrogen-bond acceptors (Lipinski definition) is 2. The smallest absolute Gasteiger partial charge is 0.102 e. The van der Waals surface area contributed by atoms with Crippen LogP contribution in [0.5, 0.6) is 0 Å². The number of unbranched alkanes of at least 4 members (excludes halogenated alkanes) is 7. The minimum atomic E-state index is -0.0976. The molecule has 0 aromatic rings. The molecule has 2 heteroatoms. The third-order valence-electron chi connectivity index (χ3n) is 2.38. The Morgan fingerprint density at radius 3 is 1.93 bits per heavy atom. The van der Waals surface area contributed by atoms with Crippen molar-refractivity contribution in [2.75, 3.05) is 6.61 Å². The second-order valence-corrected chi connectivity index (χ2v) is 4.05. The zero-order valence-corrected chi connectivity index (χ0v) is 9.93. The third-order valence-corrected chi connectivity index (χ3v) is 2.38. The lowest BCUT2D eigenvalue weighted by Gasteiger charge is -2.06. The van der Waals surface area contributed by atoms with Gasteiger partial charge in [-0.15, -0.1) is 0 Å². The first-order valence-electron chi connectivity index (χ1n) is 6.14. The lowest BCUT2D eigenvalue weighted by molar-refractivity contribution is 0.0676. The molecule has 0 aliphatic rings. The number of ether oxygens (including phenoxy) is 1. The molecule has 14 heavy (non-hydrogen) atoms. The van der Waals surface area contributed by atoms with E-state index in [1.165, 1.54) is 44.9 Å². The number of hydrogen-bond donors (Lipinski definition) is 1. The van der Waals surface area contributed by atoms with E-state index in [2.05, 4.69) is 6.92 Å². The summed E-state index contributed by atoms with van der Waals surface area (Å²) >= 11 is 0. The van der Waals surface area contributed by atoms with E-state index in [1.54, 1.807) is 0 Å². The molecule has 2 nitrogen and oxygen atoms in total. The van der Waals surface area contributed by atoms with Gasteiger partial charge in [0.25, 0.3) is 0 Å². The van der Waals surface area contributed by atoms with Gasteiger partial charge in [-0.3, -0.25) is 0 Å². The van der Waals surface area contributed by atoms with E-state index < -0.39 is 0 Å². The molecule has 0 spiro atoms. The normalized spacial score (nSPS) is 13.1. The van der Waals surface area contributed by atoms with Gasteiger partial charge < -0.3 is 10.5 Å². The van der Waals surface area contributed by atoms with Gasteiger partial charge in [-0.05, 0) is 13.3 Å². The average molecular weight is 201 g/mol. The first kappa shape index (κ1) is 13.9. The van der Waals surface area contributed by atoms with E-state index in [1.807, 2.05) is 6.92 Å². The Morgan fingerprint density at radius 2 is 1.43 bits per heavy atom. The van der Waals surface area contributed by atoms with Crippen LogP contribution in [0.1, 0.15) is 65.2 Å². The molecular formula is C12H27NO. The second kappa shape index (κ2) is 11.0. The van der Waals surface area contributed by atoms with Gasteiger partial charge in [-0.1, -0.05) is 51.9 Å². The summed E-state index contributed by atoms with van der Waals surface area (Å²) in [6, 6.07) is 0. The van der Waals surface area contributed by atoms with Crippen molar-refractivity contribution in [3.8, 4) is 0 Å². The molecular weight excluding hydrogens is 174 g/mol. The molecule has 0 aromatic heterocycles. The van der Waals surface area contributed by atoms with Crippen LogP contribution in [0.25, 0.3) is 0 Å². The summed E-state index contributed by atoms with van der Waals surface area (Å²) in [5, 5.41) is 0. The van der Waals surface area contributed by atoms with Crippen LogP contribution < -0.4 is 5.73 Å². The lowest BCUT2D eigenvalue weighted by Crippen LogP contribution is -2.19. The van der Waals surface area contributed by atoms with Gasteiger partial charge in [0.15, 0.2) is 0 Å². The Kier molecular flexibility index (Phi) is 10.9. The van der Waals surface area contributed by atoms with Crippen molar-refractivity contribution in [3.63, 3.8) is 0 Å². The van der Waals surface area contributed by atoms with Crippen molar-refractivity contribution < 1.29 is 4.74 Å². The molecule has 0 aliphatic carbocycles. The zero-order valence-electron chi connectivity index (χ0n) is 9.93. The molecule has 1 unspecified atom stereocenters. The van der Waals surface area contributed by atoms with Crippen LogP contribution >= 0.6 is 0 Å². The van der Waals surface area contributed by atoms with Crippen molar-refractivity contribution in [2.24, 2.45) is 5.73 Å². The fraction of sp³-hybridized carbons (Fsp3) is 1.00. The van der Waals surface area contributed by atoms with Crippen molar-refractivity contribution in [1.82, 2.24) is 0 Å². The molecule has 0 fully saturated rings. The monoisotopic (exact) mass is 201 g/mol. The molecule has 0 rings (SSSR count). The lowest BCUT2D eigenvalue weighted by atomic mass is 10.1. The Labute approximate surface area is 89.2 Å². The van der Waals surface area contributed by atoms with Crippen molar-refractivity contribution in [1.29, 1.82) is 0 Å². The molecule has 0 heterocycles. The molecule has 1 atom stereocenters. The molecule has 0 amide bonds. The van der Waals surface area contributed by atoms with E-state index in [-0.39, 0.29) is 6.23 Å². The molecule has 0 aromatic carbocycles. The van der Waals surface area contributed by atoms with E-state index in [0.29, 0.717) is 0 Å². The van der Waals surface area contributed by atoms with Crippen LogP contribution in [0.15, 0.2) is 0 Å². The van der Waals surface area contributed by atoms with Crippen LogP contribution in [0.4, 0.5) is 0 Å². The maximum absolute atomic E-state index is 5.47. The molecule has 0 bridgehead atoms. The second-order valence-electron chi connectivity index (χ2n) is 4.05. The zero-order chi connectivity index (χ0) is 10.6. The van der Waals surface area contributed by atoms with Gasteiger partial charge in [0.1, 0.15) is 6.23 Å².